The van der Waals surface area contributed by atoms with Gasteiger partial charge in [0.1, 0.15) is 0 Å². The van der Waals surface area contributed by atoms with Gasteiger partial charge in [-0.3, -0.25) is 4.55 Å². The Morgan fingerprint density at radius 2 is 1.72 bits per heavy atom. The molecule has 4 aliphatic carbocycles. The highest BCUT2D eigenvalue weighted by Gasteiger charge is 2.65. The maximum Gasteiger partial charge on any atom is 0.397 e. The summed E-state index contributed by atoms with van der Waals surface area (Å²) in [6.45, 7) is 6.39. The van der Waals surface area contributed by atoms with Crippen LogP contribution in [-0.2, 0) is 14.6 Å². The highest BCUT2D eigenvalue weighted by Crippen LogP contribution is 2.68. The molecule has 0 amide bonds. The fraction of sp³-hybridized carbons (Fsp3) is 1.00. The highest BCUT2D eigenvalue weighted by molar-refractivity contribution is 7.80. The summed E-state index contributed by atoms with van der Waals surface area (Å²) in [6.07, 6.45) is 7.30. The van der Waals surface area contributed by atoms with Gasteiger partial charge in [-0.25, -0.2) is 4.18 Å². The summed E-state index contributed by atoms with van der Waals surface area (Å²) in [7, 11) is -4.51. The van der Waals surface area contributed by atoms with Crippen molar-refractivity contribution in [2.75, 3.05) is 13.2 Å². The van der Waals surface area contributed by atoms with E-state index >= 15 is 0 Å². The van der Waals surface area contributed by atoms with Gasteiger partial charge < -0.3 is 20.4 Å². The minimum absolute atomic E-state index is 0.0680. The monoisotopic (exact) mass is 532 g/mol. The lowest BCUT2D eigenvalue weighted by Gasteiger charge is -2.63. The molecule has 36 heavy (non-hydrogen) atoms. The first-order valence-electron chi connectivity index (χ1n) is 14.1. The molecular weight excluding hydrogens is 484 g/mol. The molecule has 210 valence electrons. The molecular formula is C27H48O8S. The van der Waals surface area contributed by atoms with Crippen molar-refractivity contribution in [1.82, 2.24) is 0 Å². The highest BCUT2D eigenvalue weighted by atomic mass is 32.3. The van der Waals surface area contributed by atoms with Gasteiger partial charge in [-0.1, -0.05) is 33.6 Å². The standard InChI is InChI=1S/C27H48O8S/c1-16(5-4-6-17(14-28)15-35-36(32,33)34)20-7-8-21-25-22(13-24(31)27(20,21)3)26(2)10-9-19(29)11-18(26)12-23(25)30/h16-25,28-31H,4-15H2,1-3H3,(H,32,33,34)/t16-,17?,18-,19-,20?,21+,22+,23-,24+,25+,26+,27-/m1/s1. The van der Waals surface area contributed by atoms with Crippen LogP contribution in [0.25, 0.3) is 0 Å². The molecule has 8 nitrogen and oxygen atoms in total. The lowest BCUT2D eigenvalue weighted by Crippen LogP contribution is -2.62. The van der Waals surface area contributed by atoms with E-state index in [1.54, 1.807) is 0 Å². The Hall–Kier alpha value is -0.290. The average molecular weight is 533 g/mol. The predicted molar refractivity (Wildman–Crippen MR) is 135 cm³/mol. The van der Waals surface area contributed by atoms with Crippen molar-refractivity contribution in [3.63, 3.8) is 0 Å². The second kappa shape index (κ2) is 10.7. The molecule has 0 spiro atoms. The molecule has 2 unspecified atom stereocenters. The SMILES string of the molecule is C[C@H](CCCC(CO)COS(=O)(=O)O)C1CC[C@H]2[C@@H]3[C@H](O)C[C@H]4C[C@H](O)CC[C@]4(C)[C@H]3C[C@H](O)[C@]12C. The van der Waals surface area contributed by atoms with Gasteiger partial charge in [-0.05, 0) is 97.7 Å². The lowest BCUT2D eigenvalue weighted by molar-refractivity contribution is -0.207. The summed E-state index contributed by atoms with van der Waals surface area (Å²) in [5, 5.41) is 42.9. The molecule has 0 saturated heterocycles. The molecule has 5 N–H and O–H groups in total. The van der Waals surface area contributed by atoms with E-state index in [9.17, 15) is 28.8 Å². The maximum absolute atomic E-state index is 11.7. The van der Waals surface area contributed by atoms with Crippen molar-refractivity contribution in [3.05, 3.63) is 0 Å². The fourth-order valence-corrected chi connectivity index (χ4v) is 9.84. The minimum Gasteiger partial charge on any atom is -0.396 e. The van der Waals surface area contributed by atoms with Gasteiger partial charge in [0.15, 0.2) is 0 Å². The number of fused-ring (bicyclic) bond motifs is 5. The van der Waals surface area contributed by atoms with Crippen molar-refractivity contribution < 1.29 is 37.6 Å². The molecule has 4 fully saturated rings. The normalized spacial score (nSPS) is 46.4. The molecule has 12 atom stereocenters. The van der Waals surface area contributed by atoms with Crippen LogP contribution >= 0.6 is 0 Å². The summed E-state index contributed by atoms with van der Waals surface area (Å²) in [6, 6.07) is 0. The Bertz CT molecular complexity index is 866. The molecule has 4 aliphatic rings. The fourth-order valence-electron chi connectivity index (χ4n) is 9.47. The van der Waals surface area contributed by atoms with Crippen LogP contribution in [0.4, 0.5) is 0 Å². The zero-order valence-electron chi connectivity index (χ0n) is 22.1. The van der Waals surface area contributed by atoms with Crippen molar-refractivity contribution in [2.45, 2.75) is 103 Å². The van der Waals surface area contributed by atoms with Gasteiger partial charge in [0, 0.05) is 12.5 Å². The van der Waals surface area contributed by atoms with Crippen LogP contribution in [0.1, 0.15) is 85.0 Å². The maximum atomic E-state index is 11.7. The first-order chi connectivity index (χ1) is 16.8. The number of hydrogen-bond donors (Lipinski definition) is 5. The third kappa shape index (κ3) is 5.27. The third-order valence-electron chi connectivity index (χ3n) is 11.5. The Balaban J connectivity index is 1.42. The summed E-state index contributed by atoms with van der Waals surface area (Å²) in [5.74, 6) is 1.42. The topological polar surface area (TPSA) is 145 Å². The van der Waals surface area contributed by atoms with E-state index < -0.39 is 16.5 Å². The number of aliphatic hydroxyl groups is 4. The summed E-state index contributed by atoms with van der Waals surface area (Å²) in [4.78, 5) is 0. The van der Waals surface area contributed by atoms with Crippen molar-refractivity contribution in [3.8, 4) is 0 Å². The largest absolute Gasteiger partial charge is 0.397 e. The van der Waals surface area contributed by atoms with Crippen molar-refractivity contribution in [1.29, 1.82) is 0 Å². The molecule has 4 rings (SSSR count). The van der Waals surface area contributed by atoms with Crippen LogP contribution in [0.5, 0.6) is 0 Å². The van der Waals surface area contributed by atoms with E-state index in [0.717, 1.165) is 57.8 Å². The lowest BCUT2D eigenvalue weighted by atomic mass is 9.43. The van der Waals surface area contributed by atoms with Crippen molar-refractivity contribution >= 4 is 10.4 Å². The Morgan fingerprint density at radius 1 is 1.00 bits per heavy atom. The number of rotatable bonds is 9. The van der Waals surface area contributed by atoms with E-state index in [1.165, 1.54) is 0 Å². The smallest absolute Gasteiger partial charge is 0.396 e. The van der Waals surface area contributed by atoms with Gasteiger partial charge in [-0.15, -0.1) is 0 Å². The minimum atomic E-state index is -4.51. The zero-order valence-corrected chi connectivity index (χ0v) is 22.9. The van der Waals surface area contributed by atoms with E-state index in [0.29, 0.717) is 24.2 Å². The van der Waals surface area contributed by atoms with Crippen LogP contribution in [0, 0.1) is 52.3 Å². The number of aliphatic hydroxyl groups excluding tert-OH is 4. The zero-order chi connectivity index (χ0) is 26.5. The van der Waals surface area contributed by atoms with Gasteiger partial charge in [0.2, 0.25) is 0 Å². The van der Waals surface area contributed by atoms with Crippen LogP contribution in [0.3, 0.4) is 0 Å². The molecule has 0 aromatic heterocycles. The molecule has 0 aromatic carbocycles. The Labute approximate surface area is 216 Å². The summed E-state index contributed by atoms with van der Waals surface area (Å²) < 4.78 is 34.9. The molecule has 0 radical (unpaired) electrons. The molecule has 0 aliphatic heterocycles. The quantitative estimate of drug-likeness (QED) is 0.285. The van der Waals surface area contributed by atoms with Crippen LogP contribution in [-0.4, -0.2) is 64.9 Å². The third-order valence-corrected chi connectivity index (χ3v) is 11.9. The Kier molecular flexibility index (Phi) is 8.53. The Morgan fingerprint density at radius 3 is 2.39 bits per heavy atom. The first-order valence-corrected chi connectivity index (χ1v) is 15.4. The van der Waals surface area contributed by atoms with Gasteiger partial charge in [0.05, 0.1) is 24.9 Å². The molecule has 9 heteroatoms. The molecule has 0 aromatic rings. The summed E-state index contributed by atoms with van der Waals surface area (Å²) in [5.41, 5.74) is -0.179. The molecule has 0 heterocycles. The van der Waals surface area contributed by atoms with Crippen LogP contribution in [0.2, 0.25) is 0 Å². The second-order valence-corrected chi connectivity index (χ2v) is 14.3. The van der Waals surface area contributed by atoms with Crippen LogP contribution < -0.4 is 0 Å². The second-order valence-electron chi connectivity index (χ2n) is 13.2. The number of hydrogen-bond acceptors (Lipinski definition) is 7. The van der Waals surface area contributed by atoms with E-state index in [4.69, 9.17) is 4.55 Å². The first kappa shape index (κ1) is 28.7. The van der Waals surface area contributed by atoms with Gasteiger partial charge in [-0.2, -0.15) is 8.42 Å². The van der Waals surface area contributed by atoms with Gasteiger partial charge >= 0.3 is 10.4 Å². The van der Waals surface area contributed by atoms with Crippen LogP contribution in [0.15, 0.2) is 0 Å². The molecule has 0 bridgehead atoms. The molecule has 4 saturated carbocycles. The van der Waals surface area contributed by atoms with Crippen molar-refractivity contribution in [2.24, 2.45) is 52.3 Å². The average Bonchev–Trinajstić information content (AvgIpc) is 3.16. The summed E-state index contributed by atoms with van der Waals surface area (Å²) >= 11 is 0. The van der Waals surface area contributed by atoms with E-state index in [1.807, 2.05) is 0 Å². The van der Waals surface area contributed by atoms with E-state index in [-0.39, 0.29) is 59.9 Å². The predicted octanol–water partition coefficient (Wildman–Crippen LogP) is 3.18. The van der Waals surface area contributed by atoms with Gasteiger partial charge in [0.25, 0.3) is 0 Å². The van der Waals surface area contributed by atoms with E-state index in [2.05, 4.69) is 25.0 Å².